The van der Waals surface area contributed by atoms with E-state index in [4.69, 9.17) is 4.74 Å². The highest BCUT2D eigenvalue weighted by Gasteiger charge is 2.04. The molecule has 0 spiro atoms. The number of aryl methyl sites for hydroxylation is 1. The van der Waals surface area contributed by atoms with E-state index in [1.165, 1.54) is 5.56 Å². The number of ether oxygens (including phenoxy) is 1. The second-order valence-electron chi connectivity index (χ2n) is 4.30. The molecule has 100 valence electrons. The summed E-state index contributed by atoms with van der Waals surface area (Å²) in [4.78, 5) is 0. The molecule has 1 heterocycles. The zero-order valence-electron chi connectivity index (χ0n) is 11.4. The Labute approximate surface area is 113 Å². The van der Waals surface area contributed by atoms with Gasteiger partial charge in [-0.25, -0.2) is 4.68 Å². The molecule has 1 N–H and O–H groups in total. The van der Waals surface area contributed by atoms with Crippen molar-refractivity contribution >= 4 is 11.9 Å². The van der Waals surface area contributed by atoms with Gasteiger partial charge in [0, 0.05) is 24.5 Å². The lowest BCUT2D eigenvalue weighted by molar-refractivity contribution is 0.341. The van der Waals surface area contributed by atoms with Gasteiger partial charge in [0.2, 0.25) is 0 Å². The van der Waals surface area contributed by atoms with Gasteiger partial charge in [-0.3, -0.25) is 0 Å². The molecule has 0 fully saturated rings. The van der Waals surface area contributed by atoms with E-state index < -0.39 is 0 Å². The van der Waals surface area contributed by atoms with Gasteiger partial charge in [-0.2, -0.15) is 5.10 Å². The first-order chi connectivity index (χ1) is 9.22. The Hall–Kier alpha value is -2.23. The molecule has 4 nitrogen and oxygen atoms in total. The van der Waals surface area contributed by atoms with E-state index in [-0.39, 0.29) is 0 Å². The number of anilines is 1. The Morgan fingerprint density at radius 1 is 1.47 bits per heavy atom. The van der Waals surface area contributed by atoms with Crippen LogP contribution in [0.1, 0.15) is 18.1 Å². The Morgan fingerprint density at radius 2 is 2.32 bits per heavy atom. The second-order valence-corrected chi connectivity index (χ2v) is 4.30. The standard InChI is InChI=1S/C15H19N3O/c1-4-18-11-13(10-17-18)9-16-14-7-6-12(3)8-15(14)19-5-2/h4,6-8,10-11,16H,1,5,9H2,2-3H3. The maximum absolute atomic E-state index is 5.63. The molecule has 0 bridgehead atoms. The zero-order valence-corrected chi connectivity index (χ0v) is 11.4. The highest BCUT2D eigenvalue weighted by atomic mass is 16.5. The number of rotatable bonds is 6. The topological polar surface area (TPSA) is 39.1 Å². The van der Waals surface area contributed by atoms with Crippen LogP contribution in [0.15, 0.2) is 37.2 Å². The van der Waals surface area contributed by atoms with E-state index in [1.807, 2.05) is 31.5 Å². The van der Waals surface area contributed by atoms with Crippen LogP contribution in [0.25, 0.3) is 6.20 Å². The van der Waals surface area contributed by atoms with E-state index in [0.29, 0.717) is 13.2 Å². The lowest BCUT2D eigenvalue weighted by Crippen LogP contribution is -2.02. The van der Waals surface area contributed by atoms with Gasteiger partial charge in [0.05, 0.1) is 18.5 Å². The van der Waals surface area contributed by atoms with Crippen molar-refractivity contribution < 1.29 is 4.74 Å². The molecule has 2 aromatic rings. The van der Waals surface area contributed by atoms with Gasteiger partial charge in [-0.05, 0) is 31.5 Å². The summed E-state index contributed by atoms with van der Waals surface area (Å²) >= 11 is 0. The number of nitrogens with zero attached hydrogens (tertiary/aromatic N) is 2. The Kier molecular flexibility index (Phi) is 4.23. The predicted octanol–water partition coefficient (Wildman–Crippen LogP) is 3.30. The summed E-state index contributed by atoms with van der Waals surface area (Å²) in [6.45, 7) is 9.08. The third-order valence-electron chi connectivity index (χ3n) is 2.76. The molecule has 2 rings (SSSR count). The van der Waals surface area contributed by atoms with Crippen LogP contribution in [-0.2, 0) is 6.54 Å². The van der Waals surface area contributed by atoms with Gasteiger partial charge in [0.1, 0.15) is 5.75 Å². The van der Waals surface area contributed by atoms with Crippen LogP contribution < -0.4 is 10.1 Å². The van der Waals surface area contributed by atoms with E-state index in [0.717, 1.165) is 17.0 Å². The summed E-state index contributed by atoms with van der Waals surface area (Å²) in [6.07, 6.45) is 5.43. The van der Waals surface area contributed by atoms with Crippen molar-refractivity contribution in [1.29, 1.82) is 0 Å². The summed E-state index contributed by atoms with van der Waals surface area (Å²) in [7, 11) is 0. The number of hydrogen-bond acceptors (Lipinski definition) is 3. The quantitative estimate of drug-likeness (QED) is 0.863. The zero-order chi connectivity index (χ0) is 13.7. The average molecular weight is 257 g/mol. The van der Waals surface area contributed by atoms with Crippen molar-refractivity contribution in [1.82, 2.24) is 9.78 Å². The lowest BCUT2D eigenvalue weighted by Gasteiger charge is -2.12. The van der Waals surface area contributed by atoms with Gasteiger partial charge < -0.3 is 10.1 Å². The van der Waals surface area contributed by atoms with Crippen molar-refractivity contribution in [2.45, 2.75) is 20.4 Å². The molecule has 0 saturated carbocycles. The van der Waals surface area contributed by atoms with Crippen LogP contribution in [0.4, 0.5) is 5.69 Å². The molecule has 19 heavy (non-hydrogen) atoms. The lowest BCUT2D eigenvalue weighted by atomic mass is 10.2. The Balaban J connectivity index is 2.07. The van der Waals surface area contributed by atoms with E-state index >= 15 is 0 Å². The summed E-state index contributed by atoms with van der Waals surface area (Å²) in [5.74, 6) is 0.888. The molecule has 0 atom stereocenters. The highest BCUT2D eigenvalue weighted by Crippen LogP contribution is 2.26. The summed E-state index contributed by atoms with van der Waals surface area (Å²) in [5, 5.41) is 7.51. The molecule has 4 heteroatoms. The first-order valence-corrected chi connectivity index (χ1v) is 6.36. The van der Waals surface area contributed by atoms with Gasteiger partial charge in [0.25, 0.3) is 0 Å². The first kappa shape index (κ1) is 13.2. The van der Waals surface area contributed by atoms with Gasteiger partial charge in [-0.15, -0.1) is 0 Å². The average Bonchev–Trinajstić information content (AvgIpc) is 2.86. The molecule has 1 aromatic heterocycles. The number of benzene rings is 1. The minimum Gasteiger partial charge on any atom is -0.492 e. The van der Waals surface area contributed by atoms with Crippen molar-refractivity contribution in [2.24, 2.45) is 0 Å². The molecule has 0 aliphatic heterocycles. The normalized spacial score (nSPS) is 10.2. The van der Waals surface area contributed by atoms with Gasteiger partial charge in [-0.1, -0.05) is 12.6 Å². The maximum Gasteiger partial charge on any atom is 0.142 e. The molecule has 0 unspecified atom stereocenters. The van der Waals surface area contributed by atoms with Gasteiger partial charge >= 0.3 is 0 Å². The van der Waals surface area contributed by atoms with Crippen LogP contribution in [0, 0.1) is 6.92 Å². The van der Waals surface area contributed by atoms with Crippen molar-refractivity contribution in [2.75, 3.05) is 11.9 Å². The molecule has 0 saturated heterocycles. The molecular formula is C15H19N3O. The molecule has 0 amide bonds. The predicted molar refractivity (Wildman–Crippen MR) is 78.3 cm³/mol. The van der Waals surface area contributed by atoms with E-state index in [1.54, 1.807) is 10.9 Å². The van der Waals surface area contributed by atoms with Gasteiger partial charge in [0.15, 0.2) is 0 Å². The summed E-state index contributed by atoms with van der Waals surface area (Å²) < 4.78 is 7.32. The highest BCUT2D eigenvalue weighted by molar-refractivity contribution is 5.57. The summed E-state index contributed by atoms with van der Waals surface area (Å²) in [6, 6.07) is 6.15. The monoisotopic (exact) mass is 257 g/mol. The second kappa shape index (κ2) is 6.09. The number of nitrogens with one attached hydrogen (secondary N) is 1. The fourth-order valence-electron chi connectivity index (χ4n) is 1.82. The minimum atomic E-state index is 0.659. The maximum atomic E-state index is 5.63. The number of hydrogen-bond donors (Lipinski definition) is 1. The summed E-state index contributed by atoms with van der Waals surface area (Å²) in [5.41, 5.74) is 3.29. The van der Waals surface area contributed by atoms with Crippen LogP contribution >= 0.6 is 0 Å². The van der Waals surface area contributed by atoms with Crippen LogP contribution in [-0.4, -0.2) is 16.4 Å². The Morgan fingerprint density at radius 3 is 3.00 bits per heavy atom. The largest absolute Gasteiger partial charge is 0.492 e. The third kappa shape index (κ3) is 3.37. The SMILES string of the molecule is C=Cn1cc(CNc2ccc(C)cc2OCC)cn1. The number of aromatic nitrogens is 2. The van der Waals surface area contributed by atoms with Crippen LogP contribution in [0.5, 0.6) is 5.75 Å². The van der Waals surface area contributed by atoms with Crippen molar-refractivity contribution in [3.05, 3.63) is 48.3 Å². The molecule has 1 aromatic carbocycles. The first-order valence-electron chi connectivity index (χ1n) is 6.36. The minimum absolute atomic E-state index is 0.659. The van der Waals surface area contributed by atoms with Crippen LogP contribution in [0.2, 0.25) is 0 Å². The third-order valence-corrected chi connectivity index (χ3v) is 2.76. The van der Waals surface area contributed by atoms with Crippen LogP contribution in [0.3, 0.4) is 0 Å². The molecule has 0 aliphatic rings. The Bertz CT molecular complexity index is 560. The van der Waals surface area contributed by atoms with Crippen molar-refractivity contribution in [3.63, 3.8) is 0 Å². The molecule has 0 radical (unpaired) electrons. The van der Waals surface area contributed by atoms with E-state index in [2.05, 4.69) is 30.0 Å². The van der Waals surface area contributed by atoms with E-state index in [9.17, 15) is 0 Å². The molecular weight excluding hydrogens is 238 g/mol. The van der Waals surface area contributed by atoms with Crippen molar-refractivity contribution in [3.8, 4) is 5.75 Å². The fraction of sp³-hybridized carbons (Fsp3) is 0.267. The molecule has 0 aliphatic carbocycles. The smallest absolute Gasteiger partial charge is 0.142 e. The fourth-order valence-corrected chi connectivity index (χ4v) is 1.82.